The maximum atomic E-state index is 13.5. The Morgan fingerprint density at radius 3 is 2.44 bits per heavy atom. The standard InChI is InChI=1S/C20H17F3N4O4S/c1-12-5-2-3-6-13(12)19-14(20(21,22)23)9-10-15(25-19)27-32(29,30)17-8-4-7-16(26-17)31-18(28)11-24/h2-10H,11,24H2,1H3,(H,25,27). The topological polar surface area (TPSA) is 124 Å². The number of ether oxygens (including phenoxy) is 1. The Bertz CT molecular complexity index is 1260. The van der Waals surface area contributed by atoms with Gasteiger partial charge >= 0.3 is 12.1 Å². The highest BCUT2D eigenvalue weighted by atomic mass is 32.2. The van der Waals surface area contributed by atoms with Gasteiger partial charge in [-0.15, -0.1) is 0 Å². The number of benzene rings is 1. The summed E-state index contributed by atoms with van der Waals surface area (Å²) in [6.45, 7) is 1.18. The number of carbonyl (C=O) groups is 1. The van der Waals surface area contributed by atoms with Gasteiger partial charge in [0.15, 0.2) is 5.03 Å². The molecule has 0 atom stereocenters. The number of hydrogen-bond acceptors (Lipinski definition) is 7. The van der Waals surface area contributed by atoms with E-state index in [0.29, 0.717) is 5.56 Å². The van der Waals surface area contributed by atoms with Gasteiger partial charge in [-0.2, -0.15) is 26.6 Å². The third-order valence-corrected chi connectivity index (χ3v) is 5.45. The molecule has 3 rings (SSSR count). The van der Waals surface area contributed by atoms with Crippen LogP contribution in [-0.2, 0) is 21.0 Å². The largest absolute Gasteiger partial charge is 0.418 e. The number of aromatic nitrogens is 2. The number of nitrogens with zero attached hydrogens (tertiary/aromatic N) is 2. The van der Waals surface area contributed by atoms with E-state index in [1.807, 2.05) is 0 Å². The molecule has 0 saturated carbocycles. The molecule has 0 bridgehead atoms. The van der Waals surface area contributed by atoms with Crippen molar-refractivity contribution in [3.63, 3.8) is 0 Å². The van der Waals surface area contributed by atoms with Gasteiger partial charge in [0.05, 0.1) is 17.8 Å². The van der Waals surface area contributed by atoms with Crippen molar-refractivity contribution in [2.75, 3.05) is 11.3 Å². The fourth-order valence-corrected chi connectivity index (χ4v) is 3.70. The minimum absolute atomic E-state index is 0.203. The van der Waals surface area contributed by atoms with Crippen LogP contribution in [0.3, 0.4) is 0 Å². The lowest BCUT2D eigenvalue weighted by Gasteiger charge is -2.16. The maximum Gasteiger partial charge on any atom is 0.418 e. The van der Waals surface area contributed by atoms with Gasteiger partial charge in [-0.05, 0) is 30.7 Å². The molecule has 0 aliphatic carbocycles. The van der Waals surface area contributed by atoms with Crippen LogP contribution in [0.2, 0.25) is 0 Å². The van der Waals surface area contributed by atoms with Crippen molar-refractivity contribution in [3.05, 3.63) is 65.7 Å². The Hall–Kier alpha value is -3.51. The smallest absolute Gasteiger partial charge is 0.406 e. The molecule has 0 amide bonds. The van der Waals surface area contributed by atoms with Crippen molar-refractivity contribution in [1.29, 1.82) is 0 Å². The van der Waals surface area contributed by atoms with E-state index in [0.717, 1.165) is 18.2 Å². The Morgan fingerprint density at radius 2 is 1.78 bits per heavy atom. The maximum absolute atomic E-state index is 13.5. The van der Waals surface area contributed by atoms with Gasteiger partial charge in [-0.1, -0.05) is 30.3 Å². The predicted molar refractivity (Wildman–Crippen MR) is 109 cm³/mol. The fourth-order valence-electron chi connectivity index (χ4n) is 2.74. The monoisotopic (exact) mass is 466 g/mol. The van der Waals surface area contributed by atoms with Crippen LogP contribution in [0.4, 0.5) is 19.0 Å². The van der Waals surface area contributed by atoms with Gasteiger partial charge in [0.25, 0.3) is 10.0 Å². The van der Waals surface area contributed by atoms with Crippen LogP contribution in [0, 0.1) is 6.92 Å². The summed E-state index contributed by atoms with van der Waals surface area (Å²) in [6, 6.07) is 11.6. The minimum Gasteiger partial charge on any atom is -0.406 e. The average Bonchev–Trinajstić information content (AvgIpc) is 2.73. The van der Waals surface area contributed by atoms with E-state index < -0.39 is 45.0 Å². The van der Waals surface area contributed by atoms with E-state index in [2.05, 4.69) is 14.7 Å². The van der Waals surface area contributed by atoms with Gasteiger partial charge in [0.2, 0.25) is 5.88 Å². The number of sulfonamides is 1. The summed E-state index contributed by atoms with van der Waals surface area (Å²) in [5, 5.41) is -0.529. The number of halogens is 3. The van der Waals surface area contributed by atoms with Crippen LogP contribution in [0.1, 0.15) is 11.1 Å². The molecule has 3 aromatic rings. The number of rotatable bonds is 6. The van der Waals surface area contributed by atoms with Gasteiger partial charge in [0.1, 0.15) is 5.82 Å². The van der Waals surface area contributed by atoms with Crippen LogP contribution in [0.25, 0.3) is 11.3 Å². The average molecular weight is 466 g/mol. The number of aryl methyl sites for hydroxylation is 1. The van der Waals surface area contributed by atoms with Crippen LogP contribution in [0.15, 0.2) is 59.6 Å². The number of alkyl halides is 3. The minimum atomic E-state index is -4.70. The quantitative estimate of drug-likeness (QED) is 0.535. The van der Waals surface area contributed by atoms with Gasteiger partial charge < -0.3 is 10.5 Å². The highest BCUT2D eigenvalue weighted by molar-refractivity contribution is 7.92. The van der Waals surface area contributed by atoms with E-state index >= 15 is 0 Å². The molecule has 1 aromatic carbocycles. The second-order valence-electron chi connectivity index (χ2n) is 6.50. The molecule has 32 heavy (non-hydrogen) atoms. The van der Waals surface area contributed by atoms with E-state index in [-0.39, 0.29) is 17.3 Å². The molecule has 0 aliphatic rings. The number of nitrogens with two attached hydrogens (primary N) is 1. The van der Waals surface area contributed by atoms with Crippen molar-refractivity contribution in [2.45, 2.75) is 18.1 Å². The van der Waals surface area contributed by atoms with Gasteiger partial charge in [0, 0.05) is 11.6 Å². The summed E-state index contributed by atoms with van der Waals surface area (Å²) in [7, 11) is -4.36. The molecule has 0 radical (unpaired) electrons. The highest BCUT2D eigenvalue weighted by Crippen LogP contribution is 2.38. The Balaban J connectivity index is 2.01. The molecular weight excluding hydrogens is 449 g/mol. The molecule has 3 N–H and O–H groups in total. The van der Waals surface area contributed by atoms with E-state index in [1.165, 1.54) is 18.2 Å². The number of hydrogen-bond donors (Lipinski definition) is 2. The lowest BCUT2D eigenvalue weighted by atomic mass is 10.0. The van der Waals surface area contributed by atoms with Crippen LogP contribution >= 0.6 is 0 Å². The summed E-state index contributed by atoms with van der Waals surface area (Å²) < 4.78 is 72.9. The Labute approximate surface area is 181 Å². The second-order valence-corrected chi connectivity index (χ2v) is 8.13. The van der Waals surface area contributed by atoms with Crippen LogP contribution in [-0.4, -0.2) is 30.9 Å². The summed E-state index contributed by atoms with van der Waals surface area (Å²) >= 11 is 0. The lowest BCUT2D eigenvalue weighted by molar-refractivity contribution is -0.137. The van der Waals surface area contributed by atoms with Crippen molar-refractivity contribution >= 4 is 21.8 Å². The second kappa shape index (κ2) is 8.93. The number of anilines is 1. The Kier molecular flexibility index (Phi) is 6.46. The van der Waals surface area contributed by atoms with Crippen LogP contribution in [0.5, 0.6) is 5.88 Å². The zero-order chi connectivity index (χ0) is 23.5. The molecule has 0 aliphatic heterocycles. The van der Waals surface area contributed by atoms with E-state index in [9.17, 15) is 26.4 Å². The SMILES string of the molecule is Cc1ccccc1-c1nc(NS(=O)(=O)c2cccc(OC(=O)CN)n2)ccc1C(F)(F)F. The van der Waals surface area contributed by atoms with Crippen LogP contribution < -0.4 is 15.2 Å². The molecule has 0 unspecified atom stereocenters. The van der Waals surface area contributed by atoms with Crippen molar-refractivity contribution in [3.8, 4) is 17.1 Å². The highest BCUT2D eigenvalue weighted by Gasteiger charge is 2.35. The zero-order valence-electron chi connectivity index (χ0n) is 16.6. The molecule has 0 saturated heterocycles. The van der Waals surface area contributed by atoms with E-state index in [4.69, 9.17) is 10.5 Å². The van der Waals surface area contributed by atoms with Gasteiger partial charge in [-0.3, -0.25) is 9.52 Å². The first-order valence-electron chi connectivity index (χ1n) is 9.06. The Morgan fingerprint density at radius 1 is 1.06 bits per heavy atom. The van der Waals surface area contributed by atoms with E-state index in [1.54, 1.807) is 25.1 Å². The molecular formula is C20H17F3N4O4S. The molecule has 0 fully saturated rings. The molecule has 2 aromatic heterocycles. The number of carbonyl (C=O) groups excluding carboxylic acids is 1. The fraction of sp³-hybridized carbons (Fsp3) is 0.150. The molecule has 8 nitrogen and oxygen atoms in total. The molecule has 2 heterocycles. The summed E-state index contributed by atoms with van der Waals surface area (Å²) in [4.78, 5) is 18.9. The third-order valence-electron chi connectivity index (χ3n) is 4.20. The molecule has 12 heteroatoms. The molecule has 168 valence electrons. The zero-order valence-corrected chi connectivity index (χ0v) is 17.4. The van der Waals surface area contributed by atoms with Crippen molar-refractivity contribution in [2.24, 2.45) is 5.73 Å². The third kappa shape index (κ3) is 5.21. The number of esters is 1. The summed E-state index contributed by atoms with van der Waals surface area (Å²) in [5.41, 5.74) is 4.44. The number of nitrogens with one attached hydrogen (secondary N) is 1. The molecule has 0 spiro atoms. The first-order chi connectivity index (χ1) is 15.0. The van der Waals surface area contributed by atoms with Gasteiger partial charge in [-0.25, -0.2) is 4.98 Å². The van der Waals surface area contributed by atoms with Crippen molar-refractivity contribution in [1.82, 2.24) is 9.97 Å². The first-order valence-corrected chi connectivity index (χ1v) is 10.5. The summed E-state index contributed by atoms with van der Waals surface area (Å²) in [5.74, 6) is -1.47. The first kappa shape index (κ1) is 23.2. The number of pyridine rings is 2. The normalized spacial score (nSPS) is 11.8. The summed E-state index contributed by atoms with van der Waals surface area (Å²) in [6.07, 6.45) is -4.70. The predicted octanol–water partition coefficient (Wildman–Crippen LogP) is 3.14. The lowest BCUT2D eigenvalue weighted by Crippen LogP contribution is -2.21. The van der Waals surface area contributed by atoms with Crippen molar-refractivity contribution < 1.29 is 31.1 Å².